The molecule has 9 heteroatoms. The van der Waals surface area contributed by atoms with E-state index in [0.717, 1.165) is 5.56 Å². The third kappa shape index (κ3) is 2.90. The number of ether oxygens (including phenoxy) is 1. The summed E-state index contributed by atoms with van der Waals surface area (Å²) in [6, 6.07) is 9.35. The van der Waals surface area contributed by atoms with Crippen molar-refractivity contribution in [3.63, 3.8) is 0 Å². The summed E-state index contributed by atoms with van der Waals surface area (Å²) in [5.74, 6) is -0.0432. The summed E-state index contributed by atoms with van der Waals surface area (Å²) < 4.78 is 12.6. The zero-order chi connectivity index (χ0) is 17.4. The Morgan fingerprint density at radius 1 is 1.32 bits per heavy atom. The van der Waals surface area contributed by atoms with Crippen molar-refractivity contribution in [2.24, 2.45) is 0 Å². The summed E-state index contributed by atoms with van der Waals surface area (Å²) in [4.78, 5) is 17.2. The fraction of sp³-hybridized carbons (Fsp3) is 0.125. The molecule has 0 spiro atoms. The summed E-state index contributed by atoms with van der Waals surface area (Å²) in [5, 5.41) is 9.85. The highest BCUT2D eigenvalue weighted by atomic mass is 35.5. The number of rotatable bonds is 4. The van der Waals surface area contributed by atoms with Gasteiger partial charge in [-0.15, -0.1) is 21.5 Å². The number of hydrogen-bond donors (Lipinski definition) is 0. The summed E-state index contributed by atoms with van der Waals surface area (Å²) in [6.45, 7) is 1.65. The molecule has 4 rings (SSSR count). The van der Waals surface area contributed by atoms with Gasteiger partial charge in [-0.25, -0.2) is 9.78 Å². The molecule has 0 saturated carbocycles. The third-order valence-electron chi connectivity index (χ3n) is 3.51. The summed E-state index contributed by atoms with van der Waals surface area (Å²) in [5.41, 5.74) is 0.964. The van der Waals surface area contributed by atoms with E-state index < -0.39 is 12.1 Å². The lowest BCUT2D eigenvalue weighted by Gasteiger charge is -2.08. The van der Waals surface area contributed by atoms with Gasteiger partial charge in [0, 0.05) is 17.1 Å². The van der Waals surface area contributed by atoms with Gasteiger partial charge in [0.25, 0.3) is 5.89 Å². The first-order valence-electron chi connectivity index (χ1n) is 7.34. The normalized spacial score (nSPS) is 12.4. The third-order valence-corrected chi connectivity index (χ3v) is 4.53. The molecule has 0 aliphatic heterocycles. The zero-order valence-corrected chi connectivity index (χ0v) is 14.5. The topological polar surface area (TPSA) is 82.5 Å². The zero-order valence-electron chi connectivity index (χ0n) is 12.9. The van der Waals surface area contributed by atoms with Gasteiger partial charge in [0.2, 0.25) is 5.89 Å². The second-order valence-corrected chi connectivity index (χ2v) is 6.40. The van der Waals surface area contributed by atoms with Crippen LogP contribution in [-0.2, 0) is 4.74 Å². The number of nitrogens with zero attached hydrogens (tertiary/aromatic N) is 4. The van der Waals surface area contributed by atoms with Crippen molar-refractivity contribution in [1.82, 2.24) is 19.6 Å². The van der Waals surface area contributed by atoms with Crippen molar-refractivity contribution in [1.29, 1.82) is 0 Å². The van der Waals surface area contributed by atoms with E-state index in [1.807, 2.05) is 35.7 Å². The lowest BCUT2D eigenvalue weighted by Crippen LogP contribution is -2.12. The van der Waals surface area contributed by atoms with Crippen LogP contribution in [0.4, 0.5) is 0 Å². The fourth-order valence-corrected chi connectivity index (χ4v) is 3.32. The Hall–Kier alpha value is -2.71. The molecule has 0 bridgehead atoms. The first-order chi connectivity index (χ1) is 12.1. The molecule has 4 aromatic rings. The molecule has 0 fully saturated rings. The van der Waals surface area contributed by atoms with Crippen molar-refractivity contribution < 1.29 is 13.9 Å². The maximum absolute atomic E-state index is 12.4. The highest BCUT2D eigenvalue weighted by Gasteiger charge is 2.25. The van der Waals surface area contributed by atoms with Gasteiger partial charge in [0.05, 0.1) is 0 Å². The first kappa shape index (κ1) is 15.8. The quantitative estimate of drug-likeness (QED) is 0.502. The minimum Gasteiger partial charge on any atom is -0.448 e. The summed E-state index contributed by atoms with van der Waals surface area (Å²) in [6.07, 6.45) is 0.984. The highest BCUT2D eigenvalue weighted by molar-refractivity contribution is 7.15. The van der Waals surface area contributed by atoms with E-state index in [9.17, 15) is 4.79 Å². The molecule has 0 amide bonds. The molecule has 0 saturated heterocycles. The number of aromatic nitrogens is 4. The summed E-state index contributed by atoms with van der Waals surface area (Å²) >= 11 is 7.41. The lowest BCUT2D eigenvalue weighted by molar-refractivity contribution is 0.0272. The largest absolute Gasteiger partial charge is 0.448 e. The number of carbonyl (C=O) groups is 1. The van der Waals surface area contributed by atoms with Crippen LogP contribution in [0, 0.1) is 0 Å². The van der Waals surface area contributed by atoms with E-state index in [1.54, 1.807) is 17.5 Å². The number of esters is 1. The standard InChI is InChI=1S/C16H11ClN4O3S/c1-9(13-19-20-14(24-13)10-5-3-2-4-6-10)23-15(22)11-12(17)18-16-21(11)7-8-25-16/h2-9H,1H3/t9-/m0/s1. The Morgan fingerprint density at radius 3 is 2.92 bits per heavy atom. The molecule has 3 aromatic heterocycles. The van der Waals surface area contributed by atoms with Gasteiger partial charge in [0.1, 0.15) is 0 Å². The average molecular weight is 375 g/mol. The van der Waals surface area contributed by atoms with Crippen molar-refractivity contribution in [3.05, 3.63) is 58.6 Å². The van der Waals surface area contributed by atoms with Crippen LogP contribution in [0.5, 0.6) is 0 Å². The van der Waals surface area contributed by atoms with Crippen molar-refractivity contribution in [3.8, 4) is 11.5 Å². The molecule has 0 radical (unpaired) electrons. The molecule has 0 unspecified atom stereocenters. The lowest BCUT2D eigenvalue weighted by atomic mass is 10.2. The van der Waals surface area contributed by atoms with E-state index in [1.165, 1.54) is 11.3 Å². The van der Waals surface area contributed by atoms with Gasteiger partial charge in [-0.2, -0.15) is 0 Å². The number of hydrogen-bond acceptors (Lipinski definition) is 7. The molecule has 0 aliphatic carbocycles. The molecular formula is C16H11ClN4O3S. The molecular weight excluding hydrogens is 364 g/mol. The van der Waals surface area contributed by atoms with Gasteiger partial charge >= 0.3 is 5.97 Å². The van der Waals surface area contributed by atoms with Crippen LogP contribution in [0.1, 0.15) is 29.4 Å². The maximum atomic E-state index is 12.4. The van der Waals surface area contributed by atoms with Crippen molar-refractivity contribution >= 4 is 33.9 Å². The monoisotopic (exact) mass is 374 g/mol. The number of benzene rings is 1. The second kappa shape index (κ2) is 6.30. The number of thiazole rings is 1. The Morgan fingerprint density at radius 2 is 2.12 bits per heavy atom. The molecule has 1 atom stereocenters. The Labute approximate surface area is 150 Å². The predicted molar refractivity (Wildman–Crippen MR) is 91.6 cm³/mol. The van der Waals surface area contributed by atoms with Crippen LogP contribution in [-0.4, -0.2) is 25.6 Å². The van der Waals surface area contributed by atoms with Gasteiger partial charge in [-0.05, 0) is 19.1 Å². The van der Waals surface area contributed by atoms with Crippen LogP contribution in [0.15, 0.2) is 46.3 Å². The predicted octanol–water partition coefficient (Wildman–Crippen LogP) is 4.02. The van der Waals surface area contributed by atoms with Crippen LogP contribution in [0.25, 0.3) is 16.4 Å². The average Bonchev–Trinajstić information content (AvgIpc) is 3.30. The molecule has 7 nitrogen and oxygen atoms in total. The minimum absolute atomic E-state index is 0.0968. The number of carbonyl (C=O) groups excluding carboxylic acids is 1. The maximum Gasteiger partial charge on any atom is 0.359 e. The molecule has 0 aliphatic rings. The highest BCUT2D eigenvalue weighted by Crippen LogP contribution is 2.26. The smallest absolute Gasteiger partial charge is 0.359 e. The van der Waals surface area contributed by atoms with Gasteiger partial charge in [-0.1, -0.05) is 29.8 Å². The van der Waals surface area contributed by atoms with Crippen molar-refractivity contribution in [2.45, 2.75) is 13.0 Å². The van der Waals surface area contributed by atoms with Gasteiger partial charge in [0.15, 0.2) is 21.9 Å². The number of halogens is 1. The Kier molecular flexibility index (Phi) is 3.98. The van der Waals surface area contributed by atoms with Gasteiger partial charge < -0.3 is 9.15 Å². The van der Waals surface area contributed by atoms with E-state index in [2.05, 4.69) is 15.2 Å². The first-order valence-corrected chi connectivity index (χ1v) is 8.60. The van der Waals surface area contributed by atoms with Crippen molar-refractivity contribution in [2.75, 3.05) is 0 Å². The van der Waals surface area contributed by atoms with Crippen LogP contribution < -0.4 is 0 Å². The molecule has 25 heavy (non-hydrogen) atoms. The summed E-state index contributed by atoms with van der Waals surface area (Å²) in [7, 11) is 0. The number of fused-ring (bicyclic) bond motifs is 1. The fourth-order valence-electron chi connectivity index (χ4n) is 2.30. The molecule has 1 aromatic carbocycles. The molecule has 0 N–H and O–H groups in total. The van der Waals surface area contributed by atoms with Crippen LogP contribution in [0.3, 0.4) is 0 Å². The SMILES string of the molecule is C[C@H](OC(=O)c1c(Cl)nc2sccn12)c1nnc(-c2ccccc2)o1. The van der Waals surface area contributed by atoms with E-state index >= 15 is 0 Å². The number of imidazole rings is 1. The minimum atomic E-state index is -0.724. The second-order valence-electron chi connectivity index (χ2n) is 5.17. The molecule has 126 valence electrons. The van der Waals surface area contributed by atoms with E-state index in [-0.39, 0.29) is 16.7 Å². The van der Waals surface area contributed by atoms with E-state index in [0.29, 0.717) is 10.9 Å². The Balaban J connectivity index is 1.55. The van der Waals surface area contributed by atoms with E-state index in [4.69, 9.17) is 20.8 Å². The van der Waals surface area contributed by atoms with Gasteiger partial charge in [-0.3, -0.25) is 4.40 Å². The van der Waals surface area contributed by atoms with Crippen LogP contribution >= 0.6 is 22.9 Å². The molecule has 3 heterocycles. The van der Waals surface area contributed by atoms with Crippen LogP contribution in [0.2, 0.25) is 5.15 Å². The Bertz CT molecular complexity index is 1040.